The molecule has 1 amide bonds. The summed E-state index contributed by atoms with van der Waals surface area (Å²) in [5.41, 5.74) is 0.898. The Kier molecular flexibility index (Phi) is 5.96. The van der Waals surface area contributed by atoms with Gasteiger partial charge in [0, 0.05) is 19.2 Å². The van der Waals surface area contributed by atoms with Crippen LogP contribution in [0.25, 0.3) is 0 Å². The first kappa shape index (κ1) is 15.6. The van der Waals surface area contributed by atoms with E-state index in [1.807, 2.05) is 25.1 Å². The smallest absolute Gasteiger partial charge is 0.240 e. The molecule has 0 saturated carbocycles. The predicted octanol–water partition coefficient (Wildman–Crippen LogP) is 2.68. The highest BCUT2D eigenvalue weighted by Gasteiger charge is 2.18. The van der Waals surface area contributed by atoms with Crippen molar-refractivity contribution in [2.75, 3.05) is 20.8 Å². The van der Waals surface area contributed by atoms with Crippen molar-refractivity contribution < 1.29 is 14.3 Å². The Hall–Kier alpha value is -1.42. The zero-order valence-electron chi connectivity index (χ0n) is 11.8. The van der Waals surface area contributed by atoms with Crippen LogP contribution in [-0.4, -0.2) is 36.9 Å². The number of carbonyl (C=O) groups excluding carboxylic acids is 1. The molecule has 4 nitrogen and oxygen atoms in total. The Morgan fingerprint density at radius 3 is 2.68 bits per heavy atom. The number of nitrogens with zero attached hydrogens (tertiary/aromatic N) is 1. The highest BCUT2D eigenvalue weighted by molar-refractivity contribution is 6.30. The molecule has 0 spiro atoms. The van der Waals surface area contributed by atoms with E-state index >= 15 is 0 Å². The number of ether oxygens (including phenoxy) is 2. The first-order valence-electron chi connectivity index (χ1n) is 6.19. The van der Waals surface area contributed by atoms with Gasteiger partial charge in [-0.1, -0.05) is 12.1 Å². The molecule has 1 rings (SSSR count). The Morgan fingerprint density at radius 2 is 2.16 bits per heavy atom. The Morgan fingerprint density at radius 1 is 1.47 bits per heavy atom. The van der Waals surface area contributed by atoms with Gasteiger partial charge in [0.15, 0.2) is 11.5 Å². The lowest BCUT2D eigenvalue weighted by Gasteiger charge is -2.21. The summed E-state index contributed by atoms with van der Waals surface area (Å²) < 4.78 is 10.9. The molecule has 19 heavy (non-hydrogen) atoms. The molecular formula is C14H20ClNO3. The standard InChI is InChI=1S/C14H20ClNO3/c1-5-19-13-11(7-6-8-12(13)18-4)9-16(3)14(17)10(2)15/h6-8,10H,5,9H2,1-4H3. The second kappa shape index (κ2) is 7.24. The van der Waals surface area contributed by atoms with Gasteiger partial charge in [0.2, 0.25) is 5.91 Å². The van der Waals surface area contributed by atoms with E-state index in [2.05, 4.69) is 0 Å². The third kappa shape index (κ3) is 4.03. The molecule has 0 fully saturated rings. The van der Waals surface area contributed by atoms with E-state index in [-0.39, 0.29) is 5.91 Å². The van der Waals surface area contributed by atoms with E-state index in [0.29, 0.717) is 24.7 Å². The van der Waals surface area contributed by atoms with Crippen molar-refractivity contribution >= 4 is 17.5 Å². The van der Waals surface area contributed by atoms with Crippen molar-refractivity contribution in [3.63, 3.8) is 0 Å². The summed E-state index contributed by atoms with van der Waals surface area (Å²) in [5.74, 6) is 1.22. The zero-order chi connectivity index (χ0) is 14.4. The number of alkyl halides is 1. The largest absolute Gasteiger partial charge is 0.493 e. The second-order valence-electron chi connectivity index (χ2n) is 4.19. The number of methoxy groups -OCH3 is 1. The van der Waals surface area contributed by atoms with Crippen LogP contribution in [0, 0.1) is 0 Å². The number of halogens is 1. The van der Waals surface area contributed by atoms with Gasteiger partial charge in [-0.15, -0.1) is 11.6 Å². The molecule has 1 aromatic carbocycles. The van der Waals surface area contributed by atoms with Crippen LogP contribution in [0.1, 0.15) is 19.4 Å². The quantitative estimate of drug-likeness (QED) is 0.754. The van der Waals surface area contributed by atoms with E-state index < -0.39 is 5.38 Å². The summed E-state index contributed by atoms with van der Waals surface area (Å²) in [6.45, 7) is 4.54. The summed E-state index contributed by atoms with van der Waals surface area (Å²) in [6.07, 6.45) is 0. The van der Waals surface area contributed by atoms with E-state index in [1.165, 1.54) is 0 Å². The number of hydrogen-bond acceptors (Lipinski definition) is 3. The van der Waals surface area contributed by atoms with Crippen LogP contribution in [0.5, 0.6) is 11.5 Å². The molecule has 0 saturated heterocycles. The lowest BCUT2D eigenvalue weighted by Crippen LogP contribution is -2.31. The predicted molar refractivity (Wildman–Crippen MR) is 76.0 cm³/mol. The Labute approximate surface area is 119 Å². The minimum Gasteiger partial charge on any atom is -0.493 e. The number of carbonyl (C=O) groups is 1. The van der Waals surface area contributed by atoms with Crippen LogP contribution in [0.15, 0.2) is 18.2 Å². The Bertz CT molecular complexity index is 435. The average Bonchev–Trinajstić information content (AvgIpc) is 2.39. The average molecular weight is 286 g/mol. The summed E-state index contributed by atoms with van der Waals surface area (Å²) >= 11 is 5.80. The SMILES string of the molecule is CCOc1c(CN(C)C(=O)C(C)Cl)cccc1OC. The monoisotopic (exact) mass is 285 g/mol. The minimum absolute atomic E-state index is 0.119. The van der Waals surface area contributed by atoms with E-state index in [9.17, 15) is 4.79 Å². The van der Waals surface area contributed by atoms with E-state index in [4.69, 9.17) is 21.1 Å². The van der Waals surface area contributed by atoms with Crippen LogP contribution in [-0.2, 0) is 11.3 Å². The Balaban J connectivity index is 2.97. The first-order chi connectivity index (χ1) is 9.01. The van der Waals surface area contributed by atoms with Crippen LogP contribution in [0.4, 0.5) is 0 Å². The summed E-state index contributed by atoms with van der Waals surface area (Å²) in [7, 11) is 3.31. The molecular weight excluding hydrogens is 266 g/mol. The summed E-state index contributed by atoms with van der Waals surface area (Å²) in [5, 5.41) is -0.536. The topological polar surface area (TPSA) is 38.8 Å². The van der Waals surface area contributed by atoms with Crippen molar-refractivity contribution in [1.82, 2.24) is 4.90 Å². The molecule has 0 aliphatic rings. The van der Waals surface area contributed by atoms with Gasteiger partial charge >= 0.3 is 0 Å². The zero-order valence-corrected chi connectivity index (χ0v) is 12.5. The highest BCUT2D eigenvalue weighted by Crippen LogP contribution is 2.31. The maximum absolute atomic E-state index is 11.8. The molecule has 0 aromatic heterocycles. The third-order valence-electron chi connectivity index (χ3n) is 2.69. The van der Waals surface area contributed by atoms with Gasteiger partial charge in [0.25, 0.3) is 0 Å². The molecule has 1 aromatic rings. The van der Waals surface area contributed by atoms with Gasteiger partial charge < -0.3 is 14.4 Å². The third-order valence-corrected chi connectivity index (χ3v) is 2.88. The molecule has 0 radical (unpaired) electrons. The fourth-order valence-electron chi connectivity index (χ4n) is 1.79. The van der Waals surface area contributed by atoms with Crippen molar-refractivity contribution in [1.29, 1.82) is 0 Å². The molecule has 0 aliphatic heterocycles. The van der Waals surface area contributed by atoms with Gasteiger partial charge in [-0.25, -0.2) is 0 Å². The summed E-state index contributed by atoms with van der Waals surface area (Å²) in [6, 6.07) is 5.62. The van der Waals surface area contributed by atoms with Gasteiger partial charge in [-0.2, -0.15) is 0 Å². The number of hydrogen-bond donors (Lipinski definition) is 0. The van der Waals surface area contributed by atoms with Crippen LogP contribution >= 0.6 is 11.6 Å². The molecule has 1 atom stereocenters. The summed E-state index contributed by atoms with van der Waals surface area (Å²) in [4.78, 5) is 13.4. The lowest BCUT2D eigenvalue weighted by atomic mass is 10.1. The van der Waals surface area contributed by atoms with E-state index in [1.54, 1.807) is 26.0 Å². The number of benzene rings is 1. The van der Waals surface area contributed by atoms with Gasteiger partial charge in [0.1, 0.15) is 5.38 Å². The fraction of sp³-hybridized carbons (Fsp3) is 0.500. The minimum atomic E-state index is -0.536. The molecule has 0 bridgehead atoms. The normalized spacial score (nSPS) is 11.8. The van der Waals surface area contributed by atoms with Gasteiger partial charge in [0.05, 0.1) is 13.7 Å². The van der Waals surface area contributed by atoms with Crippen molar-refractivity contribution in [2.24, 2.45) is 0 Å². The molecule has 5 heteroatoms. The molecule has 0 N–H and O–H groups in total. The molecule has 1 unspecified atom stereocenters. The van der Waals surface area contributed by atoms with Crippen LogP contribution in [0.3, 0.4) is 0 Å². The van der Waals surface area contributed by atoms with E-state index in [0.717, 1.165) is 5.56 Å². The van der Waals surface area contributed by atoms with Crippen molar-refractivity contribution in [3.05, 3.63) is 23.8 Å². The fourth-order valence-corrected chi connectivity index (χ4v) is 1.96. The molecule has 0 aliphatic carbocycles. The van der Waals surface area contributed by atoms with Crippen molar-refractivity contribution in [2.45, 2.75) is 25.8 Å². The number of rotatable bonds is 6. The van der Waals surface area contributed by atoms with Gasteiger partial charge in [-0.05, 0) is 19.9 Å². The molecule has 106 valence electrons. The maximum atomic E-state index is 11.8. The van der Waals surface area contributed by atoms with Crippen LogP contribution < -0.4 is 9.47 Å². The maximum Gasteiger partial charge on any atom is 0.240 e. The number of amides is 1. The lowest BCUT2D eigenvalue weighted by molar-refractivity contribution is -0.129. The van der Waals surface area contributed by atoms with Crippen molar-refractivity contribution in [3.8, 4) is 11.5 Å². The van der Waals surface area contributed by atoms with Gasteiger partial charge in [-0.3, -0.25) is 4.79 Å². The molecule has 0 heterocycles. The highest BCUT2D eigenvalue weighted by atomic mass is 35.5. The second-order valence-corrected chi connectivity index (χ2v) is 4.85. The first-order valence-corrected chi connectivity index (χ1v) is 6.62. The van der Waals surface area contributed by atoms with Crippen LogP contribution in [0.2, 0.25) is 0 Å². The number of para-hydroxylation sites is 1.